The summed E-state index contributed by atoms with van der Waals surface area (Å²) in [6.45, 7) is 1.86. The van der Waals surface area contributed by atoms with Crippen LogP contribution in [-0.2, 0) is 27.4 Å². The zero-order valence-corrected chi connectivity index (χ0v) is 21.4. The maximum Gasteiger partial charge on any atom is 0.416 e. The molecule has 202 valence electrons. The number of aryl methyl sites for hydroxylation is 2. The van der Waals surface area contributed by atoms with E-state index in [-0.39, 0.29) is 60.8 Å². The second kappa shape index (κ2) is 9.09. The highest BCUT2D eigenvalue weighted by Gasteiger charge is 2.47. The highest BCUT2D eigenvalue weighted by atomic mass is 32.2. The third kappa shape index (κ3) is 4.75. The van der Waals surface area contributed by atoms with Crippen molar-refractivity contribution in [1.29, 1.82) is 0 Å². The van der Waals surface area contributed by atoms with Gasteiger partial charge in [0, 0.05) is 31.3 Å². The molecule has 5 aliphatic rings. The molecule has 2 aromatic carbocycles. The zero-order valence-electron chi connectivity index (χ0n) is 20.6. The summed E-state index contributed by atoms with van der Waals surface area (Å²) in [6, 6.07) is 7.64. The molecule has 5 heterocycles. The number of alkyl halides is 3. The van der Waals surface area contributed by atoms with Crippen LogP contribution < -0.4 is 10.2 Å². The summed E-state index contributed by atoms with van der Waals surface area (Å²) in [6.07, 6.45) is -4.32. The van der Waals surface area contributed by atoms with Crippen LogP contribution in [0.15, 0.2) is 41.4 Å². The largest absolute Gasteiger partial charge is 0.416 e. The van der Waals surface area contributed by atoms with E-state index in [0.717, 1.165) is 22.8 Å². The summed E-state index contributed by atoms with van der Waals surface area (Å²) >= 11 is 0. The Kier molecular flexibility index (Phi) is 6.26. The number of amidine groups is 1. The van der Waals surface area contributed by atoms with Gasteiger partial charge in [0.2, 0.25) is 10.0 Å². The summed E-state index contributed by atoms with van der Waals surface area (Å²) in [5, 5.41) is 3.38. The second-order valence-electron chi connectivity index (χ2n) is 9.69. The number of nitrogens with one attached hydrogen (secondary N) is 1. The minimum absolute atomic E-state index is 0.0472. The number of amides is 2. The van der Waals surface area contributed by atoms with Crippen molar-refractivity contribution >= 4 is 27.7 Å². The van der Waals surface area contributed by atoms with Crippen molar-refractivity contribution < 1.29 is 36.0 Å². The van der Waals surface area contributed by atoms with Gasteiger partial charge in [-0.1, -0.05) is 6.07 Å². The number of piperidine rings is 1. The Labute approximate surface area is 217 Å². The third-order valence-electron chi connectivity index (χ3n) is 7.18. The van der Waals surface area contributed by atoms with Gasteiger partial charge in [0.05, 0.1) is 11.3 Å². The van der Waals surface area contributed by atoms with Gasteiger partial charge < -0.3 is 10.2 Å². The Balaban J connectivity index is 1.61. The Hall–Kier alpha value is -3.45. The lowest BCUT2D eigenvalue weighted by Gasteiger charge is -2.34. The Morgan fingerprint density at radius 1 is 1.05 bits per heavy atom. The number of carbonyl (C=O) groups is 2. The molecule has 0 saturated carbocycles. The molecule has 0 unspecified atom stereocenters. The highest BCUT2D eigenvalue weighted by Crippen LogP contribution is 2.36. The quantitative estimate of drug-likeness (QED) is 0.543. The molecule has 38 heavy (non-hydrogen) atoms. The second-order valence-corrected chi connectivity index (χ2v) is 11.8. The summed E-state index contributed by atoms with van der Waals surface area (Å²) in [5.41, 5.74) is -0.714. The number of carbonyl (C=O) groups excluding carboxylic acids is 2. The molecule has 1 fully saturated rings. The lowest BCUT2D eigenvalue weighted by atomic mass is 9.89. The molecule has 9 nitrogen and oxygen atoms in total. The van der Waals surface area contributed by atoms with Crippen LogP contribution in [0.3, 0.4) is 0 Å². The number of benzene rings is 2. The van der Waals surface area contributed by atoms with Crippen LogP contribution in [0.1, 0.15) is 45.5 Å². The number of hydrogen-bond donors (Lipinski definition) is 1. The minimum Gasteiger partial charge on any atom is -0.377 e. The lowest BCUT2D eigenvalue weighted by Crippen LogP contribution is -2.50. The fraction of sp³-hybridized carbons (Fsp3) is 0.400. The van der Waals surface area contributed by atoms with E-state index in [9.17, 15) is 31.2 Å². The molecule has 0 radical (unpaired) electrons. The van der Waals surface area contributed by atoms with Crippen LogP contribution in [0.2, 0.25) is 0 Å². The van der Waals surface area contributed by atoms with Gasteiger partial charge in [0.1, 0.15) is 11.4 Å². The van der Waals surface area contributed by atoms with Crippen LogP contribution in [0.4, 0.5) is 13.2 Å². The van der Waals surface area contributed by atoms with E-state index in [1.54, 1.807) is 19.1 Å². The van der Waals surface area contributed by atoms with Crippen molar-refractivity contribution in [2.24, 2.45) is 4.99 Å². The van der Waals surface area contributed by atoms with Crippen molar-refractivity contribution in [2.45, 2.75) is 37.9 Å². The van der Waals surface area contributed by atoms with Crippen LogP contribution >= 0.6 is 0 Å². The predicted molar refractivity (Wildman–Crippen MR) is 131 cm³/mol. The van der Waals surface area contributed by atoms with Crippen molar-refractivity contribution in [3.8, 4) is 5.75 Å². The van der Waals surface area contributed by atoms with E-state index in [2.05, 4.69) is 10.3 Å². The first kappa shape index (κ1) is 26.2. The molecular formula is C25H25F3N4O5S. The monoisotopic (exact) mass is 550 g/mol. The van der Waals surface area contributed by atoms with Crippen molar-refractivity contribution in [1.82, 2.24) is 14.7 Å². The first-order valence-electron chi connectivity index (χ1n) is 11.9. The number of nitrogens with zero attached hydrogens (tertiary/aromatic N) is 3. The normalized spacial score (nSPS) is 25.2. The molecule has 0 atom stereocenters. The molecule has 1 N–H and O–H groups in total. The van der Waals surface area contributed by atoms with Gasteiger partial charge in [0.15, 0.2) is 5.75 Å². The molecule has 0 aromatic heterocycles. The minimum atomic E-state index is -4.74. The van der Waals surface area contributed by atoms with E-state index in [4.69, 9.17) is 4.84 Å². The molecule has 2 amide bonds. The summed E-state index contributed by atoms with van der Waals surface area (Å²) in [4.78, 5) is 35.9. The first-order chi connectivity index (χ1) is 17.8. The third-order valence-corrected chi connectivity index (χ3v) is 9.05. The fourth-order valence-corrected chi connectivity index (χ4v) is 6.41. The zero-order chi connectivity index (χ0) is 27.5. The first-order valence-corrected chi connectivity index (χ1v) is 13.6. The number of aliphatic imine (C=N–C) groups is 1. The van der Waals surface area contributed by atoms with E-state index in [0.29, 0.717) is 5.56 Å². The van der Waals surface area contributed by atoms with E-state index >= 15 is 0 Å². The van der Waals surface area contributed by atoms with Crippen LogP contribution in [-0.4, -0.2) is 66.9 Å². The van der Waals surface area contributed by atoms with Crippen molar-refractivity contribution in [2.75, 3.05) is 25.9 Å². The molecule has 5 aliphatic heterocycles. The predicted octanol–water partition coefficient (Wildman–Crippen LogP) is 2.68. The summed E-state index contributed by atoms with van der Waals surface area (Å²) in [7, 11) is -2.37. The van der Waals surface area contributed by atoms with Gasteiger partial charge in [-0.3, -0.25) is 14.6 Å². The van der Waals surface area contributed by atoms with Gasteiger partial charge in [-0.05, 0) is 67.6 Å². The number of halogens is 3. The molecule has 7 rings (SSSR count). The summed E-state index contributed by atoms with van der Waals surface area (Å²) in [5.74, 6) is -1.60. The Morgan fingerprint density at radius 3 is 2.42 bits per heavy atom. The topological polar surface area (TPSA) is 108 Å². The maximum atomic E-state index is 13.7. The van der Waals surface area contributed by atoms with Crippen LogP contribution in [0.25, 0.3) is 0 Å². The molecule has 13 heteroatoms. The average Bonchev–Trinajstić information content (AvgIpc) is 3.17. The summed E-state index contributed by atoms with van der Waals surface area (Å²) < 4.78 is 68.6. The number of sulfonamides is 1. The smallest absolute Gasteiger partial charge is 0.377 e. The Morgan fingerprint density at radius 2 is 1.76 bits per heavy atom. The molecule has 1 saturated heterocycles. The van der Waals surface area contributed by atoms with Gasteiger partial charge in [-0.25, -0.2) is 12.7 Å². The standard InChI is InChI=1S/C25H25F3N4O5S/c1-15-11-17-4-3-16(15)5-10-38(35,36)32-8-6-24(7-9-32)23(34)29-21(30-24)18-12-19(25(26,27)28)14-20(13-18)37-31(2)22(17)33/h3-4,11-14H,5-10H2,1-2H3,(H,29,30,34). The number of hydrogen-bond acceptors (Lipinski definition) is 6. The van der Waals surface area contributed by atoms with Gasteiger partial charge >= 0.3 is 6.18 Å². The average molecular weight is 551 g/mol. The van der Waals surface area contributed by atoms with Crippen LogP contribution in [0.5, 0.6) is 5.75 Å². The van der Waals surface area contributed by atoms with E-state index < -0.39 is 39.1 Å². The lowest BCUT2D eigenvalue weighted by molar-refractivity contribution is -0.137. The molecule has 0 aliphatic carbocycles. The van der Waals surface area contributed by atoms with Crippen molar-refractivity contribution in [3.05, 3.63) is 64.2 Å². The molecule has 7 bridgehead atoms. The fourth-order valence-electron chi connectivity index (χ4n) is 4.94. The van der Waals surface area contributed by atoms with E-state index in [1.165, 1.54) is 23.5 Å². The number of fused-ring (bicyclic) bond motifs is 2. The number of rotatable bonds is 0. The highest BCUT2D eigenvalue weighted by molar-refractivity contribution is 7.89. The molecule has 2 aromatic rings. The van der Waals surface area contributed by atoms with Crippen molar-refractivity contribution in [3.63, 3.8) is 0 Å². The van der Waals surface area contributed by atoms with Gasteiger partial charge in [-0.15, -0.1) is 0 Å². The maximum absolute atomic E-state index is 13.7. The number of hydroxylamine groups is 2. The van der Waals surface area contributed by atoms with Gasteiger partial charge in [-0.2, -0.15) is 18.2 Å². The SMILES string of the molecule is Cc1cc2ccc1CCS(=O)(=O)N1CCC3(CC1)N=C(NC3=O)c1cc(cc(C(F)(F)F)c1)ON(C)C2=O. The molecule has 1 spiro atoms. The van der Waals surface area contributed by atoms with Gasteiger partial charge in [0.25, 0.3) is 11.8 Å². The molecular weight excluding hydrogens is 525 g/mol. The van der Waals surface area contributed by atoms with E-state index in [1.807, 2.05) is 0 Å². The van der Waals surface area contributed by atoms with Crippen LogP contribution in [0, 0.1) is 6.92 Å². The Bertz CT molecular complexity index is 1460.